The molecule has 1 atom stereocenters. The van der Waals surface area contributed by atoms with Gasteiger partial charge in [-0.25, -0.2) is 0 Å². The molecule has 21 heavy (non-hydrogen) atoms. The van der Waals surface area contributed by atoms with Gasteiger partial charge in [0.25, 0.3) is 0 Å². The molecule has 5 heteroatoms. The molecule has 1 saturated heterocycles. The van der Waals surface area contributed by atoms with Crippen molar-refractivity contribution in [1.82, 2.24) is 4.90 Å². The van der Waals surface area contributed by atoms with Crippen molar-refractivity contribution in [3.05, 3.63) is 28.8 Å². The molecule has 2 N–H and O–H groups in total. The minimum absolute atomic E-state index is 0.0453. The van der Waals surface area contributed by atoms with Crippen molar-refractivity contribution < 1.29 is 9.90 Å². The number of nitrogens with zero attached hydrogens (tertiary/aromatic N) is 1. The number of halogens is 1. The Morgan fingerprint density at radius 2 is 2.29 bits per heavy atom. The highest BCUT2D eigenvalue weighted by atomic mass is 35.5. The van der Waals surface area contributed by atoms with Crippen LogP contribution in [0, 0.1) is 6.92 Å². The molecule has 1 aromatic rings. The van der Waals surface area contributed by atoms with Crippen molar-refractivity contribution in [2.24, 2.45) is 0 Å². The van der Waals surface area contributed by atoms with Gasteiger partial charge in [0, 0.05) is 12.6 Å². The van der Waals surface area contributed by atoms with Crippen LogP contribution >= 0.6 is 11.6 Å². The fourth-order valence-corrected chi connectivity index (χ4v) is 3.17. The monoisotopic (exact) mass is 310 g/mol. The Kier molecular flexibility index (Phi) is 6.03. The molecule has 1 aliphatic heterocycles. The molecule has 1 aromatic carbocycles. The van der Waals surface area contributed by atoms with E-state index in [4.69, 9.17) is 16.7 Å². The molecule has 1 aliphatic rings. The molecular weight excluding hydrogens is 288 g/mol. The Bertz CT molecular complexity index is 471. The molecule has 0 radical (unpaired) electrons. The Morgan fingerprint density at radius 3 is 3.00 bits per heavy atom. The molecule has 0 spiro atoms. The van der Waals surface area contributed by atoms with Crippen molar-refractivity contribution >= 4 is 23.2 Å². The number of benzene rings is 1. The number of aliphatic hydroxyl groups is 1. The van der Waals surface area contributed by atoms with Gasteiger partial charge in [-0.1, -0.05) is 30.2 Å². The van der Waals surface area contributed by atoms with Crippen LogP contribution in [-0.2, 0) is 4.79 Å². The van der Waals surface area contributed by atoms with E-state index in [0.29, 0.717) is 23.3 Å². The number of rotatable bonds is 5. The van der Waals surface area contributed by atoms with Crippen LogP contribution in [0.1, 0.15) is 31.2 Å². The summed E-state index contributed by atoms with van der Waals surface area (Å²) in [6.45, 7) is 3.37. The average Bonchev–Trinajstić information content (AvgIpc) is 2.45. The van der Waals surface area contributed by atoms with Gasteiger partial charge in [0.2, 0.25) is 5.91 Å². The van der Waals surface area contributed by atoms with Crippen LogP contribution in [0.25, 0.3) is 0 Å². The van der Waals surface area contributed by atoms with Gasteiger partial charge in [-0.05, 0) is 44.4 Å². The number of carbonyl (C=O) groups excluding carboxylic acids is 1. The lowest BCUT2D eigenvalue weighted by Crippen LogP contribution is -2.44. The smallest absolute Gasteiger partial charge is 0.238 e. The first-order valence-electron chi connectivity index (χ1n) is 7.51. The van der Waals surface area contributed by atoms with E-state index in [1.54, 1.807) is 6.07 Å². The Hall–Kier alpha value is -1.10. The van der Waals surface area contributed by atoms with Gasteiger partial charge in [0.1, 0.15) is 0 Å². The van der Waals surface area contributed by atoms with Crippen LogP contribution in [0.2, 0.25) is 5.02 Å². The second-order valence-electron chi connectivity index (χ2n) is 5.61. The SMILES string of the molecule is Cc1cccc(Cl)c1NC(=O)CN1CCCCC1CCO. The van der Waals surface area contributed by atoms with E-state index in [-0.39, 0.29) is 12.5 Å². The average molecular weight is 311 g/mol. The lowest BCUT2D eigenvalue weighted by molar-refractivity contribution is -0.118. The molecular formula is C16H23ClN2O2. The maximum Gasteiger partial charge on any atom is 0.238 e. The molecule has 1 amide bonds. The summed E-state index contributed by atoms with van der Waals surface area (Å²) in [4.78, 5) is 14.4. The quantitative estimate of drug-likeness (QED) is 0.879. The van der Waals surface area contributed by atoms with Crippen molar-refractivity contribution in [1.29, 1.82) is 0 Å². The molecule has 0 saturated carbocycles. The number of piperidine rings is 1. The van der Waals surface area contributed by atoms with Crippen molar-refractivity contribution in [2.45, 2.75) is 38.6 Å². The molecule has 1 unspecified atom stereocenters. The van der Waals surface area contributed by atoms with Crippen LogP contribution in [0.3, 0.4) is 0 Å². The number of carbonyl (C=O) groups is 1. The van der Waals surface area contributed by atoms with Gasteiger partial charge in [0.15, 0.2) is 0 Å². The fourth-order valence-electron chi connectivity index (χ4n) is 2.90. The van der Waals surface area contributed by atoms with Crippen LogP contribution in [0.15, 0.2) is 18.2 Å². The summed E-state index contributed by atoms with van der Waals surface area (Å²) in [7, 11) is 0. The topological polar surface area (TPSA) is 52.6 Å². The summed E-state index contributed by atoms with van der Waals surface area (Å²) in [6, 6.07) is 5.88. The highest BCUT2D eigenvalue weighted by Gasteiger charge is 2.24. The van der Waals surface area contributed by atoms with E-state index in [0.717, 1.165) is 31.4 Å². The number of nitrogens with one attached hydrogen (secondary N) is 1. The largest absolute Gasteiger partial charge is 0.396 e. The first-order chi connectivity index (χ1) is 10.1. The maximum absolute atomic E-state index is 12.3. The molecule has 1 heterocycles. The number of aliphatic hydroxyl groups excluding tert-OH is 1. The van der Waals surface area contributed by atoms with E-state index in [1.165, 1.54) is 6.42 Å². The lowest BCUT2D eigenvalue weighted by Gasteiger charge is -2.34. The predicted octanol–water partition coefficient (Wildman–Crippen LogP) is 2.82. The first-order valence-corrected chi connectivity index (χ1v) is 7.89. The maximum atomic E-state index is 12.3. The second-order valence-corrected chi connectivity index (χ2v) is 6.02. The van der Waals surface area contributed by atoms with Crippen molar-refractivity contribution in [3.63, 3.8) is 0 Å². The van der Waals surface area contributed by atoms with Gasteiger partial charge in [-0.15, -0.1) is 0 Å². The summed E-state index contributed by atoms with van der Waals surface area (Å²) in [6.07, 6.45) is 4.07. The van der Waals surface area contributed by atoms with Gasteiger partial charge < -0.3 is 10.4 Å². The second kappa shape index (κ2) is 7.78. The summed E-state index contributed by atoms with van der Waals surface area (Å²) in [5, 5.41) is 12.6. The van der Waals surface area contributed by atoms with Gasteiger partial charge >= 0.3 is 0 Å². The zero-order valence-corrected chi connectivity index (χ0v) is 13.2. The Balaban J connectivity index is 1.97. The van der Waals surface area contributed by atoms with Crippen molar-refractivity contribution in [2.75, 3.05) is 25.0 Å². The van der Waals surface area contributed by atoms with Crippen LogP contribution in [-0.4, -0.2) is 41.7 Å². The molecule has 116 valence electrons. The zero-order chi connectivity index (χ0) is 15.2. The van der Waals surface area contributed by atoms with Crippen LogP contribution in [0.5, 0.6) is 0 Å². The summed E-state index contributed by atoms with van der Waals surface area (Å²) >= 11 is 6.13. The minimum Gasteiger partial charge on any atom is -0.396 e. The molecule has 4 nitrogen and oxygen atoms in total. The summed E-state index contributed by atoms with van der Waals surface area (Å²) in [5.41, 5.74) is 1.65. The van der Waals surface area contributed by atoms with E-state index < -0.39 is 0 Å². The van der Waals surface area contributed by atoms with E-state index in [1.807, 2.05) is 19.1 Å². The molecule has 0 aromatic heterocycles. The number of hydrogen-bond donors (Lipinski definition) is 2. The number of anilines is 1. The number of hydrogen-bond acceptors (Lipinski definition) is 3. The normalized spacial score (nSPS) is 19.5. The summed E-state index contributed by atoms with van der Waals surface area (Å²) < 4.78 is 0. The lowest BCUT2D eigenvalue weighted by atomic mass is 9.99. The predicted molar refractivity (Wildman–Crippen MR) is 85.7 cm³/mol. The minimum atomic E-state index is -0.0453. The van der Waals surface area contributed by atoms with E-state index in [9.17, 15) is 4.79 Å². The Labute approximate surface area is 131 Å². The number of amides is 1. The molecule has 2 rings (SSSR count). The highest BCUT2D eigenvalue weighted by Crippen LogP contribution is 2.25. The van der Waals surface area contributed by atoms with Crippen molar-refractivity contribution in [3.8, 4) is 0 Å². The third kappa shape index (κ3) is 4.43. The molecule has 1 fully saturated rings. The third-order valence-corrected chi connectivity index (χ3v) is 4.36. The standard InChI is InChI=1S/C16H23ClN2O2/c1-12-5-4-7-14(17)16(12)18-15(21)11-19-9-3-2-6-13(19)8-10-20/h4-5,7,13,20H,2-3,6,8-11H2,1H3,(H,18,21). The third-order valence-electron chi connectivity index (χ3n) is 4.04. The number of para-hydroxylation sites is 1. The van der Waals surface area contributed by atoms with E-state index in [2.05, 4.69) is 10.2 Å². The summed E-state index contributed by atoms with van der Waals surface area (Å²) in [5.74, 6) is -0.0453. The number of likely N-dealkylation sites (tertiary alicyclic amines) is 1. The Morgan fingerprint density at radius 1 is 1.48 bits per heavy atom. The molecule has 0 aliphatic carbocycles. The molecule has 0 bridgehead atoms. The first kappa shape index (κ1) is 16.3. The van der Waals surface area contributed by atoms with Gasteiger partial charge in [-0.3, -0.25) is 9.69 Å². The van der Waals surface area contributed by atoms with Gasteiger partial charge in [-0.2, -0.15) is 0 Å². The number of aryl methyl sites for hydroxylation is 1. The fraction of sp³-hybridized carbons (Fsp3) is 0.562. The van der Waals surface area contributed by atoms with Gasteiger partial charge in [0.05, 0.1) is 17.3 Å². The highest BCUT2D eigenvalue weighted by molar-refractivity contribution is 6.33. The van der Waals surface area contributed by atoms with Crippen LogP contribution < -0.4 is 5.32 Å². The van der Waals surface area contributed by atoms with Crippen LogP contribution in [0.4, 0.5) is 5.69 Å². The zero-order valence-electron chi connectivity index (χ0n) is 12.4. The van der Waals surface area contributed by atoms with E-state index >= 15 is 0 Å².